The predicted octanol–water partition coefficient (Wildman–Crippen LogP) is 2.76. The molecule has 2 N–H and O–H groups in total. The minimum atomic E-state index is -3.31. The van der Waals surface area contributed by atoms with Crippen molar-refractivity contribution < 1.29 is 8.42 Å². The van der Waals surface area contributed by atoms with Crippen molar-refractivity contribution in [2.45, 2.75) is 49.7 Å². The summed E-state index contributed by atoms with van der Waals surface area (Å²) in [5.74, 6) is 0.733. The van der Waals surface area contributed by atoms with Gasteiger partial charge >= 0.3 is 0 Å². The lowest BCUT2D eigenvalue weighted by atomic mass is 9.83. The van der Waals surface area contributed by atoms with E-state index >= 15 is 0 Å². The molecule has 0 atom stereocenters. The van der Waals surface area contributed by atoms with Crippen LogP contribution in [0.15, 0.2) is 16.3 Å². The normalized spacial score (nSPS) is 16.0. The van der Waals surface area contributed by atoms with Crippen molar-refractivity contribution in [3.05, 3.63) is 17.0 Å². The van der Waals surface area contributed by atoms with Gasteiger partial charge in [0.25, 0.3) is 0 Å². The quantitative estimate of drug-likeness (QED) is 0.649. The average Bonchev–Trinajstić information content (AvgIpc) is 2.87. The van der Waals surface area contributed by atoms with Crippen LogP contribution >= 0.6 is 11.3 Å². The van der Waals surface area contributed by atoms with Crippen molar-refractivity contribution >= 4 is 21.4 Å². The van der Waals surface area contributed by atoms with E-state index < -0.39 is 10.0 Å². The summed E-state index contributed by atoms with van der Waals surface area (Å²) in [7, 11) is -3.31. The molecule has 0 saturated heterocycles. The summed E-state index contributed by atoms with van der Waals surface area (Å²) in [6.45, 7) is 4.62. The first-order valence-electron chi connectivity index (χ1n) is 7.91. The Balaban J connectivity index is 1.77. The molecule has 0 bridgehead atoms. The van der Waals surface area contributed by atoms with Crippen LogP contribution in [-0.2, 0) is 16.4 Å². The summed E-state index contributed by atoms with van der Waals surface area (Å²) in [4.78, 5) is 1.12. The Bertz CT molecular complexity index is 522. The van der Waals surface area contributed by atoms with Gasteiger partial charge in [-0.2, -0.15) is 0 Å². The summed E-state index contributed by atoms with van der Waals surface area (Å²) >= 11 is 1.39. The van der Waals surface area contributed by atoms with Crippen LogP contribution in [0, 0.1) is 5.92 Å². The van der Waals surface area contributed by atoms with Crippen LogP contribution in [0.4, 0.5) is 0 Å². The molecule has 120 valence electrons. The highest BCUT2D eigenvalue weighted by Gasteiger charge is 2.20. The van der Waals surface area contributed by atoms with Crippen molar-refractivity contribution in [2.75, 3.05) is 19.6 Å². The molecule has 1 aliphatic rings. The highest BCUT2D eigenvalue weighted by Crippen LogP contribution is 2.29. The fourth-order valence-electron chi connectivity index (χ4n) is 2.40. The van der Waals surface area contributed by atoms with E-state index in [2.05, 4.69) is 17.0 Å². The average molecular weight is 331 g/mol. The molecule has 1 fully saturated rings. The topological polar surface area (TPSA) is 58.2 Å². The highest BCUT2D eigenvalue weighted by atomic mass is 32.2. The van der Waals surface area contributed by atoms with Gasteiger partial charge in [-0.05, 0) is 50.4 Å². The lowest BCUT2D eigenvalue weighted by molar-refractivity contribution is 0.297. The van der Waals surface area contributed by atoms with Crippen LogP contribution in [0.1, 0.15) is 43.9 Å². The van der Waals surface area contributed by atoms with E-state index in [1.165, 1.54) is 30.6 Å². The molecule has 1 saturated carbocycles. The van der Waals surface area contributed by atoms with Crippen molar-refractivity contribution in [3.63, 3.8) is 0 Å². The van der Waals surface area contributed by atoms with Crippen molar-refractivity contribution in [1.29, 1.82) is 0 Å². The second kappa shape index (κ2) is 8.27. The van der Waals surface area contributed by atoms with E-state index in [1.54, 1.807) is 6.07 Å². The first kappa shape index (κ1) is 16.9. The first-order chi connectivity index (χ1) is 10.1. The van der Waals surface area contributed by atoms with E-state index in [9.17, 15) is 8.42 Å². The van der Waals surface area contributed by atoms with Crippen LogP contribution in [-0.4, -0.2) is 28.1 Å². The molecule has 4 nitrogen and oxygen atoms in total. The molecule has 0 aliphatic heterocycles. The molecule has 1 aromatic rings. The number of nitrogens with one attached hydrogen (secondary N) is 2. The minimum Gasteiger partial charge on any atom is -0.316 e. The number of hydrogen-bond acceptors (Lipinski definition) is 4. The van der Waals surface area contributed by atoms with Gasteiger partial charge in [-0.15, -0.1) is 11.3 Å². The zero-order valence-electron chi connectivity index (χ0n) is 12.7. The van der Waals surface area contributed by atoms with Gasteiger partial charge in [0.15, 0.2) is 0 Å². The Labute approximate surface area is 132 Å². The fraction of sp³-hybridized carbons (Fsp3) is 0.733. The summed E-state index contributed by atoms with van der Waals surface area (Å²) in [6, 6.07) is 3.66. The molecule has 0 aromatic carbocycles. The summed E-state index contributed by atoms with van der Waals surface area (Å²) in [6.07, 6.45) is 6.80. The molecule has 0 spiro atoms. The van der Waals surface area contributed by atoms with Crippen LogP contribution in [0.5, 0.6) is 0 Å². The molecule has 0 unspecified atom stereocenters. The number of thiophene rings is 1. The van der Waals surface area contributed by atoms with Gasteiger partial charge in [-0.1, -0.05) is 26.2 Å². The van der Waals surface area contributed by atoms with Crippen molar-refractivity contribution in [1.82, 2.24) is 10.0 Å². The van der Waals surface area contributed by atoms with Gasteiger partial charge in [0.05, 0.1) is 0 Å². The number of hydrogen-bond donors (Lipinski definition) is 2. The van der Waals surface area contributed by atoms with E-state index in [0.29, 0.717) is 10.8 Å². The van der Waals surface area contributed by atoms with Gasteiger partial charge < -0.3 is 5.32 Å². The maximum Gasteiger partial charge on any atom is 0.250 e. The molecule has 0 amide bonds. The Morgan fingerprint density at radius 2 is 2.05 bits per heavy atom. The zero-order valence-corrected chi connectivity index (χ0v) is 14.4. The van der Waals surface area contributed by atoms with Gasteiger partial charge in [0, 0.05) is 11.4 Å². The third kappa shape index (κ3) is 5.36. The predicted molar refractivity (Wildman–Crippen MR) is 88.3 cm³/mol. The summed E-state index contributed by atoms with van der Waals surface area (Å²) in [5, 5.41) is 3.33. The molecular weight excluding hydrogens is 304 g/mol. The van der Waals surface area contributed by atoms with E-state index in [0.717, 1.165) is 43.1 Å². The fourth-order valence-corrected chi connectivity index (χ4v) is 4.85. The third-order valence-corrected chi connectivity index (χ3v) is 7.04. The standard InChI is InChI=1S/C15H26N2O2S2/c1-2-10-16-11-9-14-6-7-15(20-14)21(18,19)17-12-8-13-4-3-5-13/h6-7,13,16-17H,2-5,8-12H2,1H3. The molecule has 1 aromatic heterocycles. The van der Waals surface area contributed by atoms with Gasteiger partial charge in [0.2, 0.25) is 10.0 Å². The molecular formula is C15H26N2O2S2. The Hall–Kier alpha value is -0.430. The van der Waals surface area contributed by atoms with E-state index in [1.807, 2.05) is 6.07 Å². The van der Waals surface area contributed by atoms with Crippen LogP contribution in [0.25, 0.3) is 0 Å². The lowest BCUT2D eigenvalue weighted by Crippen LogP contribution is -2.27. The van der Waals surface area contributed by atoms with Gasteiger partial charge in [-0.3, -0.25) is 0 Å². The first-order valence-corrected chi connectivity index (χ1v) is 10.2. The monoisotopic (exact) mass is 330 g/mol. The smallest absolute Gasteiger partial charge is 0.250 e. The molecule has 1 heterocycles. The zero-order chi connectivity index (χ0) is 15.1. The molecule has 6 heteroatoms. The Morgan fingerprint density at radius 3 is 2.71 bits per heavy atom. The van der Waals surface area contributed by atoms with Crippen molar-refractivity contribution in [3.8, 4) is 0 Å². The Morgan fingerprint density at radius 1 is 1.24 bits per heavy atom. The van der Waals surface area contributed by atoms with Gasteiger partial charge in [-0.25, -0.2) is 13.1 Å². The van der Waals surface area contributed by atoms with Crippen molar-refractivity contribution in [2.24, 2.45) is 5.92 Å². The van der Waals surface area contributed by atoms with Gasteiger partial charge in [0.1, 0.15) is 4.21 Å². The molecule has 0 radical (unpaired) electrons. The third-order valence-electron chi connectivity index (χ3n) is 3.95. The number of sulfonamides is 1. The maximum absolute atomic E-state index is 12.2. The molecule has 1 aliphatic carbocycles. The highest BCUT2D eigenvalue weighted by molar-refractivity contribution is 7.91. The minimum absolute atomic E-state index is 0.446. The second-order valence-corrected chi connectivity index (χ2v) is 8.87. The van der Waals surface area contributed by atoms with Crippen LogP contribution in [0.3, 0.4) is 0 Å². The molecule has 2 rings (SSSR count). The van der Waals surface area contributed by atoms with E-state index in [-0.39, 0.29) is 0 Å². The second-order valence-electron chi connectivity index (χ2n) is 5.70. The lowest BCUT2D eigenvalue weighted by Gasteiger charge is -2.24. The number of rotatable bonds is 10. The molecule has 21 heavy (non-hydrogen) atoms. The SMILES string of the molecule is CCCNCCc1ccc(S(=O)(=O)NCCC2CCC2)s1. The Kier molecular flexibility index (Phi) is 6.67. The van der Waals surface area contributed by atoms with E-state index in [4.69, 9.17) is 0 Å². The maximum atomic E-state index is 12.2. The summed E-state index contributed by atoms with van der Waals surface area (Å²) in [5.41, 5.74) is 0. The summed E-state index contributed by atoms with van der Waals surface area (Å²) < 4.78 is 27.6. The van der Waals surface area contributed by atoms with Crippen LogP contribution in [0.2, 0.25) is 0 Å². The van der Waals surface area contributed by atoms with Crippen LogP contribution < -0.4 is 10.0 Å². The largest absolute Gasteiger partial charge is 0.316 e.